The number of ether oxygens (including phenoxy) is 1. The van der Waals surface area contributed by atoms with E-state index in [1.807, 2.05) is 4.98 Å². The summed E-state index contributed by atoms with van der Waals surface area (Å²) < 4.78 is 19.3. The Morgan fingerprint density at radius 1 is 1.50 bits per heavy atom. The van der Waals surface area contributed by atoms with E-state index in [-0.39, 0.29) is 12.7 Å². The highest BCUT2D eigenvalue weighted by Gasteiger charge is 2.27. The third-order valence-corrected chi connectivity index (χ3v) is 2.52. The zero-order valence-corrected chi connectivity index (χ0v) is 10.5. The lowest BCUT2D eigenvalue weighted by molar-refractivity contribution is -0.0250. The van der Waals surface area contributed by atoms with Crippen molar-refractivity contribution in [3.05, 3.63) is 32.9 Å². The monoisotopic (exact) mass is 280 g/mol. The van der Waals surface area contributed by atoms with E-state index >= 15 is 0 Å². The highest BCUT2D eigenvalue weighted by atomic mass is 31.0. The minimum atomic E-state index is -1.04. The maximum absolute atomic E-state index is 13.0. The number of hydrogen-bond acceptors (Lipinski definition) is 5. The molecule has 0 saturated carbocycles. The number of aliphatic hydroxyl groups excluding tert-OH is 1. The number of rotatable bonds is 2. The summed E-state index contributed by atoms with van der Waals surface area (Å²) in [6.07, 6.45) is 0.944. The van der Waals surface area contributed by atoms with Gasteiger partial charge in [-0.25, -0.2) is 4.79 Å². The Morgan fingerprint density at radius 3 is 2.72 bits per heavy atom. The van der Waals surface area contributed by atoms with Gasteiger partial charge in [0.2, 0.25) is 5.82 Å². The van der Waals surface area contributed by atoms with Crippen molar-refractivity contribution in [3.63, 3.8) is 0 Å². The second-order valence-corrected chi connectivity index (χ2v) is 3.62. The van der Waals surface area contributed by atoms with E-state index in [2.05, 4.69) is 0 Å². The summed E-state index contributed by atoms with van der Waals surface area (Å²) >= 11 is 0. The van der Waals surface area contributed by atoms with Crippen molar-refractivity contribution < 1.29 is 19.1 Å². The molecule has 9 heteroatoms. The molecule has 3 atom stereocenters. The molecule has 0 aliphatic carbocycles. The molecule has 1 aromatic heterocycles. The van der Waals surface area contributed by atoms with Gasteiger partial charge in [0.05, 0.1) is 18.9 Å². The van der Waals surface area contributed by atoms with Gasteiger partial charge < -0.3 is 14.7 Å². The first-order chi connectivity index (χ1) is 8.61. The maximum Gasteiger partial charge on any atom is 0.330 e. The molecule has 0 amide bonds. The molecular weight excluding hydrogens is 266 g/mol. The molecule has 1 aromatic rings. The van der Waals surface area contributed by atoms with Crippen LogP contribution in [0.5, 0.6) is 0 Å². The number of nitrogens with one attached hydrogen (secondary N) is 1. The fraction of sp³-hybridized carbons (Fsp3) is 0.556. The van der Waals surface area contributed by atoms with Crippen molar-refractivity contribution in [2.45, 2.75) is 25.2 Å². The third kappa shape index (κ3) is 3.23. The Labute approximate surface area is 104 Å². The lowest BCUT2D eigenvalue weighted by Gasteiger charge is -2.14. The van der Waals surface area contributed by atoms with Gasteiger partial charge in [0.25, 0.3) is 5.56 Å². The topological polar surface area (TPSA) is 105 Å². The van der Waals surface area contributed by atoms with Crippen molar-refractivity contribution in [1.82, 2.24) is 9.55 Å². The maximum atomic E-state index is 13.0. The number of nitrogens with zero attached hydrogens (tertiary/aromatic N) is 1. The molecule has 18 heavy (non-hydrogen) atoms. The van der Waals surface area contributed by atoms with Gasteiger partial charge >= 0.3 is 5.69 Å². The lowest BCUT2D eigenvalue weighted by Crippen LogP contribution is -2.34. The van der Waals surface area contributed by atoms with Gasteiger partial charge in [-0.15, -0.1) is 0 Å². The summed E-state index contributed by atoms with van der Waals surface area (Å²) in [7, 11) is 1.42. The first-order valence-electron chi connectivity index (χ1n) is 5.15. The zero-order valence-electron chi connectivity index (χ0n) is 9.38. The highest BCUT2D eigenvalue weighted by molar-refractivity contribution is 7.08. The minimum Gasteiger partial charge on any atom is -0.394 e. The van der Waals surface area contributed by atoms with Crippen LogP contribution in [-0.2, 0) is 4.74 Å². The predicted octanol–water partition coefficient (Wildman–Crippen LogP) is -0.886. The van der Waals surface area contributed by atoms with Crippen LogP contribution in [-0.4, -0.2) is 32.3 Å². The van der Waals surface area contributed by atoms with Crippen LogP contribution in [0.25, 0.3) is 0 Å². The van der Waals surface area contributed by atoms with Gasteiger partial charge in [0.1, 0.15) is 6.23 Å². The van der Waals surface area contributed by atoms with Crippen LogP contribution < -0.4 is 11.2 Å². The molecule has 3 unspecified atom stereocenters. The number of hydrogen-bond donors (Lipinski definition) is 3. The predicted molar refractivity (Wildman–Crippen MR) is 63.4 cm³/mol. The Morgan fingerprint density at radius 2 is 2.17 bits per heavy atom. The standard InChI is InChI=1S/C9H11FN2O4.H3OP/c10-6-3-12(9(15)11-8(6)14)7-2-1-5(4-13)16-7;1-2/h3,5,7,13H,1-2,4H2,(H,11,14,15);1H,2H2. The molecule has 1 aliphatic heterocycles. The second-order valence-electron chi connectivity index (χ2n) is 3.62. The fourth-order valence-electron chi connectivity index (χ4n) is 1.70. The van der Waals surface area contributed by atoms with E-state index in [1.165, 1.54) is 9.47 Å². The second kappa shape index (κ2) is 6.75. The van der Waals surface area contributed by atoms with Crippen LogP contribution in [0.1, 0.15) is 19.1 Å². The molecule has 1 aliphatic rings. The highest BCUT2D eigenvalue weighted by Crippen LogP contribution is 2.26. The zero-order chi connectivity index (χ0) is 13.7. The molecule has 102 valence electrons. The molecule has 7 nitrogen and oxygen atoms in total. The molecule has 0 aromatic carbocycles. The first-order valence-corrected chi connectivity index (χ1v) is 5.66. The van der Waals surface area contributed by atoms with Crippen molar-refractivity contribution in [2.24, 2.45) is 0 Å². The largest absolute Gasteiger partial charge is 0.394 e. The van der Waals surface area contributed by atoms with Crippen LogP contribution in [0.3, 0.4) is 0 Å². The van der Waals surface area contributed by atoms with Crippen LogP contribution >= 0.6 is 9.47 Å². The number of aliphatic hydroxyl groups is 1. The average molecular weight is 280 g/mol. The van der Waals surface area contributed by atoms with E-state index in [1.54, 1.807) is 0 Å². The first kappa shape index (κ1) is 15.0. The molecule has 1 fully saturated rings. The Kier molecular flexibility index (Phi) is 5.61. The third-order valence-electron chi connectivity index (χ3n) is 2.52. The van der Waals surface area contributed by atoms with Crippen molar-refractivity contribution in [3.8, 4) is 0 Å². The van der Waals surface area contributed by atoms with E-state index in [4.69, 9.17) is 14.7 Å². The van der Waals surface area contributed by atoms with Gasteiger partial charge in [0, 0.05) is 0 Å². The number of halogens is 1. The van der Waals surface area contributed by atoms with E-state index in [0.717, 1.165) is 10.8 Å². The normalized spacial score (nSPS) is 22.4. The van der Waals surface area contributed by atoms with Crippen molar-refractivity contribution >= 4 is 9.47 Å². The van der Waals surface area contributed by atoms with Gasteiger partial charge in [-0.1, -0.05) is 0 Å². The fourth-order valence-corrected chi connectivity index (χ4v) is 1.70. The molecule has 0 bridgehead atoms. The quantitative estimate of drug-likeness (QED) is 0.610. The van der Waals surface area contributed by atoms with Crippen molar-refractivity contribution in [2.75, 3.05) is 6.61 Å². The van der Waals surface area contributed by atoms with Gasteiger partial charge in [-0.3, -0.25) is 14.3 Å². The summed E-state index contributed by atoms with van der Waals surface area (Å²) in [4.78, 5) is 30.9. The van der Waals surface area contributed by atoms with E-state index in [9.17, 15) is 14.0 Å². The summed E-state index contributed by atoms with van der Waals surface area (Å²) in [6.45, 7) is -0.142. The average Bonchev–Trinajstić information content (AvgIpc) is 2.85. The lowest BCUT2D eigenvalue weighted by atomic mass is 10.2. The summed E-state index contributed by atoms with van der Waals surface area (Å²) in [5, 5.41) is 8.85. The SMILES string of the molecule is O=c1[nH]c(=O)n(C2CCC(CO)O2)cc1F.OP. The van der Waals surface area contributed by atoms with E-state index < -0.39 is 23.3 Å². The smallest absolute Gasteiger partial charge is 0.330 e. The van der Waals surface area contributed by atoms with Crippen LogP contribution in [0, 0.1) is 5.82 Å². The minimum absolute atomic E-state index is 0.142. The van der Waals surface area contributed by atoms with Crippen molar-refractivity contribution in [1.29, 1.82) is 0 Å². The molecule has 2 rings (SSSR count). The number of aromatic nitrogens is 2. The Bertz CT molecular complexity index is 502. The molecule has 1 saturated heterocycles. The van der Waals surface area contributed by atoms with Crippen LogP contribution in [0.15, 0.2) is 15.8 Å². The van der Waals surface area contributed by atoms with Crippen LogP contribution in [0.2, 0.25) is 0 Å². The molecule has 3 N–H and O–H groups in total. The number of H-pyrrole nitrogens is 1. The molecule has 2 heterocycles. The van der Waals surface area contributed by atoms with Gasteiger partial charge in [-0.05, 0) is 22.3 Å². The number of aromatic amines is 1. The van der Waals surface area contributed by atoms with Gasteiger partial charge in [-0.2, -0.15) is 4.39 Å². The summed E-state index contributed by atoms with van der Waals surface area (Å²) in [6, 6.07) is 0. The summed E-state index contributed by atoms with van der Waals surface area (Å²) in [5.41, 5.74) is -1.76. The van der Waals surface area contributed by atoms with Crippen LogP contribution in [0.4, 0.5) is 4.39 Å². The molecule has 0 spiro atoms. The Hall–Kier alpha value is -1.08. The summed E-state index contributed by atoms with van der Waals surface area (Å²) in [5.74, 6) is -1.03. The van der Waals surface area contributed by atoms with Gasteiger partial charge in [0.15, 0.2) is 0 Å². The molecular formula is C9H14FN2O5P. The Balaban J connectivity index is 0.000000771. The van der Waals surface area contributed by atoms with E-state index in [0.29, 0.717) is 12.8 Å². The molecule has 0 radical (unpaired) electrons.